The SMILES string of the molecule is CC1CCC(/C=C/CCC2CCC(c3cc(F)c(F)c(F)c3)CC2)CC1. The molecular weight excluding hydrogens is 333 g/mol. The smallest absolute Gasteiger partial charge is 0.194 e. The predicted octanol–water partition coefficient (Wildman–Crippen LogP) is 7.54. The van der Waals surface area contributed by atoms with Gasteiger partial charge in [-0.05, 0) is 92.7 Å². The van der Waals surface area contributed by atoms with Crippen molar-refractivity contribution in [2.24, 2.45) is 17.8 Å². The molecule has 0 bridgehead atoms. The number of halogens is 3. The van der Waals surface area contributed by atoms with Gasteiger partial charge in [0.25, 0.3) is 0 Å². The molecule has 0 spiro atoms. The molecule has 0 unspecified atom stereocenters. The fourth-order valence-electron chi connectivity index (χ4n) is 4.69. The molecule has 0 amide bonds. The van der Waals surface area contributed by atoms with Crippen LogP contribution in [0.3, 0.4) is 0 Å². The summed E-state index contributed by atoms with van der Waals surface area (Å²) >= 11 is 0. The lowest BCUT2D eigenvalue weighted by molar-refractivity contribution is 0.309. The van der Waals surface area contributed by atoms with E-state index in [1.54, 1.807) is 0 Å². The third kappa shape index (κ3) is 5.14. The molecule has 0 saturated heterocycles. The molecule has 2 saturated carbocycles. The molecule has 26 heavy (non-hydrogen) atoms. The predicted molar refractivity (Wildman–Crippen MR) is 101 cm³/mol. The summed E-state index contributed by atoms with van der Waals surface area (Å²) in [5.74, 6) is -0.938. The minimum Gasteiger partial charge on any atom is -0.204 e. The Morgan fingerprint density at radius 3 is 2.12 bits per heavy atom. The first kappa shape index (κ1) is 19.5. The number of benzene rings is 1. The summed E-state index contributed by atoms with van der Waals surface area (Å²) < 4.78 is 40.0. The Morgan fingerprint density at radius 1 is 0.885 bits per heavy atom. The second-order valence-corrected chi connectivity index (χ2v) is 8.54. The zero-order valence-corrected chi connectivity index (χ0v) is 15.8. The van der Waals surface area contributed by atoms with Crippen LogP contribution in [0.4, 0.5) is 13.2 Å². The minimum absolute atomic E-state index is 0.163. The van der Waals surface area contributed by atoms with Gasteiger partial charge in [0.1, 0.15) is 0 Å². The van der Waals surface area contributed by atoms with Gasteiger partial charge < -0.3 is 0 Å². The summed E-state index contributed by atoms with van der Waals surface area (Å²) in [6.07, 6.45) is 16.6. The number of rotatable bonds is 5. The molecule has 0 nitrogen and oxygen atoms in total. The highest BCUT2D eigenvalue weighted by atomic mass is 19.2. The van der Waals surface area contributed by atoms with Gasteiger partial charge in [-0.2, -0.15) is 0 Å². The standard InChI is InChI=1S/C23H31F3/c1-16-6-8-17(9-7-16)4-2-3-5-18-10-12-19(13-11-18)20-14-21(24)23(26)22(25)15-20/h2,4,14-19H,3,5-13H2,1H3/b4-2+. The molecule has 0 radical (unpaired) electrons. The summed E-state index contributed by atoms with van der Waals surface area (Å²) in [6, 6.07) is 2.36. The molecule has 0 heterocycles. The van der Waals surface area contributed by atoms with Crippen LogP contribution in [0.25, 0.3) is 0 Å². The van der Waals surface area contributed by atoms with Crippen LogP contribution in [0.5, 0.6) is 0 Å². The fourth-order valence-corrected chi connectivity index (χ4v) is 4.69. The Bertz CT molecular complexity index is 583. The quantitative estimate of drug-likeness (QED) is 0.374. The van der Waals surface area contributed by atoms with E-state index in [0.717, 1.165) is 43.9 Å². The van der Waals surface area contributed by atoms with E-state index in [4.69, 9.17) is 0 Å². The lowest BCUT2D eigenvalue weighted by Gasteiger charge is -2.29. The van der Waals surface area contributed by atoms with Gasteiger partial charge in [0, 0.05) is 0 Å². The number of allylic oxidation sites excluding steroid dienone is 2. The summed E-state index contributed by atoms with van der Waals surface area (Å²) in [5, 5.41) is 0. The lowest BCUT2D eigenvalue weighted by atomic mass is 9.77. The summed E-state index contributed by atoms with van der Waals surface area (Å²) in [7, 11) is 0. The van der Waals surface area contributed by atoms with Crippen molar-refractivity contribution in [3.05, 3.63) is 47.3 Å². The van der Waals surface area contributed by atoms with Crippen molar-refractivity contribution in [1.82, 2.24) is 0 Å². The molecule has 2 aliphatic carbocycles. The molecule has 3 rings (SSSR count). The van der Waals surface area contributed by atoms with E-state index in [1.807, 2.05) is 0 Å². The molecule has 0 aliphatic heterocycles. The fraction of sp³-hybridized carbons (Fsp3) is 0.652. The maximum absolute atomic E-state index is 13.4. The number of hydrogen-bond donors (Lipinski definition) is 0. The van der Waals surface area contributed by atoms with Crippen molar-refractivity contribution in [2.75, 3.05) is 0 Å². The zero-order chi connectivity index (χ0) is 18.5. The van der Waals surface area contributed by atoms with E-state index < -0.39 is 17.5 Å². The van der Waals surface area contributed by atoms with Gasteiger partial charge in [0.15, 0.2) is 17.5 Å². The molecule has 1 aromatic carbocycles. The molecule has 0 N–H and O–H groups in total. The van der Waals surface area contributed by atoms with E-state index in [2.05, 4.69) is 19.1 Å². The van der Waals surface area contributed by atoms with Crippen molar-refractivity contribution in [3.8, 4) is 0 Å². The van der Waals surface area contributed by atoms with E-state index >= 15 is 0 Å². The van der Waals surface area contributed by atoms with Crippen LogP contribution in [-0.4, -0.2) is 0 Å². The van der Waals surface area contributed by atoms with E-state index in [9.17, 15) is 13.2 Å². The lowest BCUT2D eigenvalue weighted by Crippen LogP contribution is -2.14. The molecule has 2 aliphatic rings. The Hall–Kier alpha value is -1.25. The first-order chi connectivity index (χ1) is 12.5. The van der Waals surface area contributed by atoms with Crippen LogP contribution in [0.1, 0.15) is 82.6 Å². The van der Waals surface area contributed by atoms with Crippen LogP contribution >= 0.6 is 0 Å². The van der Waals surface area contributed by atoms with Gasteiger partial charge in [0.2, 0.25) is 0 Å². The average Bonchev–Trinajstić information content (AvgIpc) is 2.65. The third-order valence-corrected chi connectivity index (χ3v) is 6.53. The van der Waals surface area contributed by atoms with Gasteiger partial charge in [0.05, 0.1) is 0 Å². The van der Waals surface area contributed by atoms with Crippen LogP contribution in [0, 0.1) is 35.2 Å². The van der Waals surface area contributed by atoms with Gasteiger partial charge in [-0.25, -0.2) is 13.2 Å². The highest BCUT2D eigenvalue weighted by Crippen LogP contribution is 2.38. The molecule has 2 fully saturated rings. The Balaban J connectivity index is 1.40. The van der Waals surface area contributed by atoms with Gasteiger partial charge >= 0.3 is 0 Å². The first-order valence-corrected chi connectivity index (χ1v) is 10.3. The Labute approximate surface area is 155 Å². The molecular formula is C23H31F3. The first-order valence-electron chi connectivity index (χ1n) is 10.3. The highest BCUT2D eigenvalue weighted by Gasteiger charge is 2.24. The molecule has 0 atom stereocenters. The largest absolute Gasteiger partial charge is 0.204 e. The minimum atomic E-state index is -1.36. The zero-order valence-electron chi connectivity index (χ0n) is 15.8. The van der Waals surface area contributed by atoms with Gasteiger partial charge in [-0.15, -0.1) is 0 Å². The van der Waals surface area contributed by atoms with E-state index in [-0.39, 0.29) is 5.92 Å². The highest BCUT2D eigenvalue weighted by molar-refractivity contribution is 5.23. The van der Waals surface area contributed by atoms with Crippen LogP contribution in [-0.2, 0) is 0 Å². The Morgan fingerprint density at radius 2 is 1.50 bits per heavy atom. The Kier molecular flexibility index (Phi) is 6.83. The maximum atomic E-state index is 13.4. The monoisotopic (exact) mass is 364 g/mol. The van der Waals surface area contributed by atoms with Crippen molar-refractivity contribution in [1.29, 1.82) is 0 Å². The second-order valence-electron chi connectivity index (χ2n) is 8.54. The van der Waals surface area contributed by atoms with Crippen LogP contribution in [0.15, 0.2) is 24.3 Å². The van der Waals surface area contributed by atoms with Crippen molar-refractivity contribution < 1.29 is 13.2 Å². The van der Waals surface area contributed by atoms with E-state index in [0.29, 0.717) is 11.5 Å². The van der Waals surface area contributed by atoms with Crippen molar-refractivity contribution >= 4 is 0 Å². The molecule has 3 heteroatoms. The third-order valence-electron chi connectivity index (χ3n) is 6.53. The molecule has 0 aromatic heterocycles. The van der Waals surface area contributed by atoms with Gasteiger partial charge in [-0.1, -0.05) is 31.9 Å². The van der Waals surface area contributed by atoms with E-state index in [1.165, 1.54) is 44.2 Å². The van der Waals surface area contributed by atoms with Crippen molar-refractivity contribution in [2.45, 2.75) is 77.0 Å². The van der Waals surface area contributed by atoms with Crippen molar-refractivity contribution in [3.63, 3.8) is 0 Å². The summed E-state index contributed by atoms with van der Waals surface area (Å²) in [6.45, 7) is 2.35. The summed E-state index contributed by atoms with van der Waals surface area (Å²) in [5.41, 5.74) is 0.617. The summed E-state index contributed by atoms with van der Waals surface area (Å²) in [4.78, 5) is 0. The van der Waals surface area contributed by atoms with Crippen LogP contribution in [0.2, 0.25) is 0 Å². The molecule has 144 valence electrons. The second kappa shape index (κ2) is 9.10. The normalized spacial score (nSPS) is 30.0. The maximum Gasteiger partial charge on any atom is 0.194 e. The van der Waals surface area contributed by atoms with Crippen LogP contribution < -0.4 is 0 Å². The van der Waals surface area contributed by atoms with Gasteiger partial charge in [-0.3, -0.25) is 0 Å². The topological polar surface area (TPSA) is 0 Å². The molecule has 1 aromatic rings. The number of hydrogen-bond acceptors (Lipinski definition) is 0. The average molecular weight is 364 g/mol.